The minimum Gasteiger partial charge on any atom is -0.496 e. The summed E-state index contributed by atoms with van der Waals surface area (Å²) in [5.74, 6) is 1.82. The predicted molar refractivity (Wildman–Crippen MR) is 88.7 cm³/mol. The van der Waals surface area contributed by atoms with E-state index in [1.165, 1.54) is 30.4 Å². The van der Waals surface area contributed by atoms with Crippen molar-refractivity contribution < 1.29 is 4.74 Å². The molecule has 1 aliphatic rings. The molecule has 0 aromatic heterocycles. The van der Waals surface area contributed by atoms with Crippen molar-refractivity contribution in [3.05, 3.63) is 29.3 Å². The van der Waals surface area contributed by atoms with Crippen LogP contribution in [0.5, 0.6) is 5.75 Å². The van der Waals surface area contributed by atoms with Gasteiger partial charge in [0.15, 0.2) is 0 Å². The first-order chi connectivity index (χ1) is 10.1. The lowest BCUT2D eigenvalue weighted by Gasteiger charge is -2.42. The van der Waals surface area contributed by atoms with Crippen molar-refractivity contribution in [2.24, 2.45) is 11.7 Å². The molecular formula is C18H30N2O. The van der Waals surface area contributed by atoms with E-state index in [2.05, 4.69) is 43.9 Å². The van der Waals surface area contributed by atoms with Gasteiger partial charge in [-0.2, -0.15) is 0 Å². The van der Waals surface area contributed by atoms with Crippen LogP contribution in [0.25, 0.3) is 0 Å². The first kappa shape index (κ1) is 16.3. The number of aryl methyl sites for hydroxylation is 1. The molecule has 1 aromatic carbocycles. The number of rotatable bonds is 5. The standard InChI is InChI=1S/C18H30N2O/c1-5-15-8-9-20(16(11-15)12-19)14(3)17-10-13(2)6-7-18(17)21-4/h6-7,10,14-16H,5,8-9,11-12,19H2,1-4H3. The van der Waals surface area contributed by atoms with Gasteiger partial charge in [0.2, 0.25) is 0 Å². The van der Waals surface area contributed by atoms with E-state index in [4.69, 9.17) is 10.5 Å². The fraction of sp³-hybridized carbons (Fsp3) is 0.667. The maximum Gasteiger partial charge on any atom is 0.123 e. The maximum atomic E-state index is 6.05. The quantitative estimate of drug-likeness (QED) is 0.902. The number of ether oxygens (including phenoxy) is 1. The van der Waals surface area contributed by atoms with E-state index < -0.39 is 0 Å². The van der Waals surface area contributed by atoms with Gasteiger partial charge < -0.3 is 10.5 Å². The summed E-state index contributed by atoms with van der Waals surface area (Å²) in [6, 6.07) is 7.29. The highest BCUT2D eigenvalue weighted by molar-refractivity contribution is 5.39. The molecule has 1 saturated heterocycles. The molecule has 2 N–H and O–H groups in total. The summed E-state index contributed by atoms with van der Waals surface area (Å²) in [7, 11) is 1.75. The average Bonchev–Trinajstić information content (AvgIpc) is 2.53. The Hall–Kier alpha value is -1.06. The number of nitrogens with two attached hydrogens (primary N) is 1. The van der Waals surface area contributed by atoms with Crippen molar-refractivity contribution in [1.29, 1.82) is 0 Å². The Morgan fingerprint density at radius 2 is 2.19 bits per heavy atom. The summed E-state index contributed by atoms with van der Waals surface area (Å²) in [5, 5.41) is 0. The van der Waals surface area contributed by atoms with E-state index in [1.807, 2.05) is 0 Å². The Morgan fingerprint density at radius 3 is 2.81 bits per heavy atom. The van der Waals surface area contributed by atoms with E-state index in [9.17, 15) is 0 Å². The molecule has 1 fully saturated rings. The lowest BCUT2D eigenvalue weighted by Crippen LogP contribution is -2.47. The second-order valence-electron chi connectivity index (χ2n) is 6.35. The highest BCUT2D eigenvalue weighted by atomic mass is 16.5. The molecule has 0 radical (unpaired) electrons. The third-order valence-corrected chi connectivity index (χ3v) is 5.05. The zero-order valence-electron chi connectivity index (χ0n) is 13.9. The molecule has 3 unspecified atom stereocenters. The van der Waals surface area contributed by atoms with Gasteiger partial charge in [0.1, 0.15) is 5.75 Å². The Bertz CT molecular complexity index is 461. The van der Waals surface area contributed by atoms with Gasteiger partial charge in [-0.05, 0) is 45.2 Å². The second kappa shape index (κ2) is 7.28. The summed E-state index contributed by atoms with van der Waals surface area (Å²) in [4.78, 5) is 2.57. The van der Waals surface area contributed by atoms with Gasteiger partial charge in [-0.1, -0.05) is 31.0 Å². The van der Waals surface area contributed by atoms with E-state index in [-0.39, 0.29) is 0 Å². The van der Waals surface area contributed by atoms with Gasteiger partial charge in [-0.25, -0.2) is 0 Å². The highest BCUT2D eigenvalue weighted by Crippen LogP contribution is 2.35. The van der Waals surface area contributed by atoms with Crippen molar-refractivity contribution >= 4 is 0 Å². The van der Waals surface area contributed by atoms with E-state index >= 15 is 0 Å². The number of methoxy groups -OCH3 is 1. The van der Waals surface area contributed by atoms with Gasteiger partial charge in [0.05, 0.1) is 7.11 Å². The molecule has 0 aliphatic carbocycles. The van der Waals surface area contributed by atoms with Gasteiger partial charge in [0.25, 0.3) is 0 Å². The lowest BCUT2D eigenvalue weighted by molar-refractivity contribution is 0.0762. The third kappa shape index (κ3) is 3.58. The second-order valence-corrected chi connectivity index (χ2v) is 6.35. The lowest BCUT2D eigenvalue weighted by atomic mass is 9.87. The molecule has 2 rings (SSSR count). The van der Waals surface area contributed by atoms with Gasteiger partial charge in [-0.15, -0.1) is 0 Å². The first-order valence-electron chi connectivity index (χ1n) is 8.21. The molecule has 1 heterocycles. The Balaban J connectivity index is 2.22. The van der Waals surface area contributed by atoms with Crippen molar-refractivity contribution in [3.63, 3.8) is 0 Å². The predicted octanol–water partition coefficient (Wildman–Crippen LogP) is 3.51. The van der Waals surface area contributed by atoms with Crippen LogP contribution in [0.3, 0.4) is 0 Å². The Morgan fingerprint density at radius 1 is 1.43 bits per heavy atom. The number of piperidine rings is 1. The van der Waals surface area contributed by atoms with Gasteiger partial charge >= 0.3 is 0 Å². The normalized spacial score (nSPS) is 24.8. The molecule has 1 aliphatic heterocycles. The van der Waals surface area contributed by atoms with Crippen molar-refractivity contribution in [1.82, 2.24) is 4.90 Å². The van der Waals surface area contributed by atoms with Crippen LogP contribution >= 0.6 is 0 Å². The fourth-order valence-corrected chi connectivity index (χ4v) is 3.62. The maximum absolute atomic E-state index is 6.05. The van der Waals surface area contributed by atoms with Gasteiger partial charge in [-0.3, -0.25) is 4.90 Å². The molecule has 3 heteroatoms. The molecule has 3 atom stereocenters. The molecule has 0 saturated carbocycles. The third-order valence-electron chi connectivity index (χ3n) is 5.05. The van der Waals surface area contributed by atoms with Crippen LogP contribution in [0.2, 0.25) is 0 Å². The molecule has 0 bridgehead atoms. The molecule has 0 amide bonds. The zero-order chi connectivity index (χ0) is 15.4. The van der Waals surface area contributed by atoms with Crippen LogP contribution in [-0.2, 0) is 0 Å². The number of benzene rings is 1. The van der Waals surface area contributed by atoms with Crippen LogP contribution in [0.15, 0.2) is 18.2 Å². The van der Waals surface area contributed by atoms with Crippen LogP contribution < -0.4 is 10.5 Å². The number of likely N-dealkylation sites (tertiary alicyclic amines) is 1. The molecule has 1 aromatic rings. The fourth-order valence-electron chi connectivity index (χ4n) is 3.62. The summed E-state index contributed by atoms with van der Waals surface area (Å²) < 4.78 is 5.57. The highest BCUT2D eigenvalue weighted by Gasteiger charge is 2.31. The van der Waals surface area contributed by atoms with Crippen LogP contribution in [0.4, 0.5) is 0 Å². The van der Waals surface area contributed by atoms with Crippen molar-refractivity contribution in [2.75, 3.05) is 20.2 Å². The summed E-state index contributed by atoms with van der Waals surface area (Å²) in [6.45, 7) is 8.60. The van der Waals surface area contributed by atoms with Gasteiger partial charge in [0, 0.05) is 24.2 Å². The first-order valence-corrected chi connectivity index (χ1v) is 8.21. The SMILES string of the molecule is CCC1CCN(C(C)c2cc(C)ccc2OC)C(CN)C1. The molecule has 0 spiro atoms. The molecule has 3 nitrogen and oxygen atoms in total. The molecule has 21 heavy (non-hydrogen) atoms. The topological polar surface area (TPSA) is 38.5 Å². The zero-order valence-corrected chi connectivity index (χ0v) is 13.9. The summed E-state index contributed by atoms with van der Waals surface area (Å²) >= 11 is 0. The molecular weight excluding hydrogens is 260 g/mol. The number of hydrogen-bond donors (Lipinski definition) is 1. The molecule has 118 valence electrons. The number of nitrogens with zero attached hydrogens (tertiary/aromatic N) is 1. The number of hydrogen-bond acceptors (Lipinski definition) is 3. The average molecular weight is 290 g/mol. The van der Waals surface area contributed by atoms with E-state index in [1.54, 1.807) is 7.11 Å². The largest absolute Gasteiger partial charge is 0.496 e. The van der Waals surface area contributed by atoms with E-state index in [0.717, 1.165) is 24.8 Å². The van der Waals surface area contributed by atoms with Crippen LogP contribution in [-0.4, -0.2) is 31.1 Å². The monoisotopic (exact) mass is 290 g/mol. The Kier molecular flexibility index (Phi) is 5.65. The minimum absolute atomic E-state index is 0.353. The minimum atomic E-state index is 0.353. The van der Waals surface area contributed by atoms with E-state index in [0.29, 0.717) is 12.1 Å². The van der Waals surface area contributed by atoms with Crippen molar-refractivity contribution in [3.8, 4) is 5.75 Å². The van der Waals surface area contributed by atoms with Crippen LogP contribution in [0.1, 0.15) is 50.3 Å². The Labute approximate surface area is 129 Å². The van der Waals surface area contributed by atoms with Crippen molar-refractivity contribution in [2.45, 2.75) is 52.1 Å². The summed E-state index contributed by atoms with van der Waals surface area (Å²) in [5.41, 5.74) is 8.62. The van der Waals surface area contributed by atoms with Crippen LogP contribution in [0, 0.1) is 12.8 Å². The summed E-state index contributed by atoms with van der Waals surface area (Å²) in [6.07, 6.45) is 3.78. The smallest absolute Gasteiger partial charge is 0.123 e.